The van der Waals surface area contributed by atoms with Crippen LogP contribution >= 0.6 is 22.9 Å². The molecule has 24 heavy (non-hydrogen) atoms. The maximum absolute atomic E-state index is 5.92. The number of fused-ring (bicyclic) bond motifs is 1. The van der Waals surface area contributed by atoms with E-state index in [4.69, 9.17) is 11.6 Å². The van der Waals surface area contributed by atoms with Crippen molar-refractivity contribution in [2.75, 3.05) is 5.32 Å². The molecule has 1 aromatic heterocycles. The van der Waals surface area contributed by atoms with Crippen molar-refractivity contribution in [3.05, 3.63) is 88.4 Å². The van der Waals surface area contributed by atoms with Gasteiger partial charge in [0.2, 0.25) is 0 Å². The Hall–Kier alpha value is -2.36. The molecule has 4 rings (SSSR count). The first-order chi connectivity index (χ1) is 11.8. The van der Waals surface area contributed by atoms with Gasteiger partial charge in [-0.05, 0) is 40.6 Å². The highest BCUT2D eigenvalue weighted by Crippen LogP contribution is 2.27. The van der Waals surface area contributed by atoms with E-state index in [0.717, 1.165) is 22.3 Å². The van der Waals surface area contributed by atoms with Gasteiger partial charge in [0, 0.05) is 28.2 Å². The molecule has 1 N–H and O–H groups in total. The summed E-state index contributed by atoms with van der Waals surface area (Å²) in [5.41, 5.74) is 2.32. The Labute approximate surface area is 149 Å². The molecule has 0 aliphatic heterocycles. The number of anilines is 2. The van der Waals surface area contributed by atoms with E-state index < -0.39 is 0 Å². The molecule has 0 fully saturated rings. The molecular formula is C20H15ClN2S. The second kappa shape index (κ2) is 6.63. The zero-order valence-corrected chi connectivity index (χ0v) is 14.4. The van der Waals surface area contributed by atoms with E-state index in [1.807, 2.05) is 30.5 Å². The van der Waals surface area contributed by atoms with Gasteiger partial charge in [-0.1, -0.05) is 54.1 Å². The SMILES string of the molecule is Clc1ccc(Nc2ncc(Cc3cccc4ccccc34)s2)cc1. The molecule has 0 aliphatic carbocycles. The van der Waals surface area contributed by atoms with Crippen molar-refractivity contribution < 1.29 is 0 Å². The molecule has 0 amide bonds. The van der Waals surface area contributed by atoms with Crippen LogP contribution in [0.3, 0.4) is 0 Å². The first-order valence-corrected chi connectivity index (χ1v) is 8.91. The second-order valence-corrected chi connectivity index (χ2v) is 7.13. The van der Waals surface area contributed by atoms with Crippen molar-refractivity contribution >= 4 is 44.5 Å². The minimum absolute atomic E-state index is 0.733. The van der Waals surface area contributed by atoms with Crippen molar-refractivity contribution in [2.45, 2.75) is 6.42 Å². The molecule has 0 atom stereocenters. The quantitative estimate of drug-likeness (QED) is 0.468. The van der Waals surface area contributed by atoms with Gasteiger partial charge in [0.05, 0.1) is 0 Å². The zero-order chi connectivity index (χ0) is 16.4. The molecular weight excluding hydrogens is 336 g/mol. The van der Waals surface area contributed by atoms with E-state index in [1.165, 1.54) is 21.2 Å². The molecule has 0 saturated heterocycles. The second-order valence-electron chi connectivity index (χ2n) is 5.58. The van der Waals surface area contributed by atoms with Crippen LogP contribution in [0.1, 0.15) is 10.4 Å². The van der Waals surface area contributed by atoms with Crippen LogP contribution in [0.2, 0.25) is 5.02 Å². The molecule has 0 radical (unpaired) electrons. The fourth-order valence-corrected chi connectivity index (χ4v) is 3.72. The molecule has 1 heterocycles. The van der Waals surface area contributed by atoms with E-state index >= 15 is 0 Å². The van der Waals surface area contributed by atoms with Crippen molar-refractivity contribution in [3.63, 3.8) is 0 Å². The lowest BCUT2D eigenvalue weighted by atomic mass is 10.0. The number of nitrogens with one attached hydrogen (secondary N) is 1. The Morgan fingerprint density at radius 1 is 0.917 bits per heavy atom. The summed E-state index contributed by atoms with van der Waals surface area (Å²) < 4.78 is 0. The van der Waals surface area contributed by atoms with Crippen LogP contribution in [0.5, 0.6) is 0 Å². The fourth-order valence-electron chi connectivity index (χ4n) is 2.74. The van der Waals surface area contributed by atoms with Gasteiger partial charge in [-0.15, -0.1) is 11.3 Å². The summed E-state index contributed by atoms with van der Waals surface area (Å²) >= 11 is 7.60. The van der Waals surface area contributed by atoms with Gasteiger partial charge >= 0.3 is 0 Å². The number of hydrogen-bond acceptors (Lipinski definition) is 3. The first-order valence-electron chi connectivity index (χ1n) is 7.72. The van der Waals surface area contributed by atoms with Gasteiger partial charge in [-0.25, -0.2) is 4.98 Å². The summed E-state index contributed by atoms with van der Waals surface area (Å²) in [6.07, 6.45) is 2.84. The van der Waals surface area contributed by atoms with Crippen molar-refractivity contribution in [1.29, 1.82) is 0 Å². The van der Waals surface area contributed by atoms with E-state index in [1.54, 1.807) is 11.3 Å². The van der Waals surface area contributed by atoms with Crippen LogP contribution in [0, 0.1) is 0 Å². The maximum atomic E-state index is 5.92. The first kappa shape index (κ1) is 15.2. The lowest BCUT2D eigenvalue weighted by molar-refractivity contribution is 1.24. The topological polar surface area (TPSA) is 24.9 Å². The average Bonchev–Trinajstić information content (AvgIpc) is 3.04. The number of aromatic nitrogens is 1. The number of nitrogens with zero attached hydrogens (tertiary/aromatic N) is 1. The maximum Gasteiger partial charge on any atom is 0.187 e. The Bertz CT molecular complexity index is 971. The normalized spacial score (nSPS) is 10.9. The van der Waals surface area contributed by atoms with E-state index in [2.05, 4.69) is 52.8 Å². The van der Waals surface area contributed by atoms with Crippen molar-refractivity contribution in [1.82, 2.24) is 4.98 Å². The van der Waals surface area contributed by atoms with Gasteiger partial charge in [-0.2, -0.15) is 0 Å². The highest BCUT2D eigenvalue weighted by molar-refractivity contribution is 7.15. The number of halogens is 1. The summed E-state index contributed by atoms with van der Waals surface area (Å²) in [4.78, 5) is 5.72. The molecule has 0 bridgehead atoms. The Balaban J connectivity index is 1.55. The molecule has 4 aromatic rings. The average molecular weight is 351 g/mol. The van der Waals surface area contributed by atoms with Crippen LogP contribution in [0.15, 0.2) is 72.9 Å². The highest BCUT2D eigenvalue weighted by Gasteiger charge is 2.06. The number of rotatable bonds is 4. The monoisotopic (exact) mass is 350 g/mol. The van der Waals surface area contributed by atoms with Gasteiger partial charge in [0.15, 0.2) is 5.13 Å². The van der Waals surface area contributed by atoms with Gasteiger partial charge < -0.3 is 5.32 Å². The van der Waals surface area contributed by atoms with Crippen LogP contribution < -0.4 is 5.32 Å². The molecule has 118 valence electrons. The minimum Gasteiger partial charge on any atom is -0.332 e. The smallest absolute Gasteiger partial charge is 0.187 e. The number of benzene rings is 3. The minimum atomic E-state index is 0.733. The van der Waals surface area contributed by atoms with E-state index in [-0.39, 0.29) is 0 Å². The Morgan fingerprint density at radius 2 is 1.71 bits per heavy atom. The standard InChI is InChI=1S/C20H15ClN2S/c21-16-8-10-17(11-9-16)23-20-22-13-18(24-20)12-15-6-3-5-14-4-1-2-7-19(14)15/h1-11,13H,12H2,(H,22,23). The Kier molecular flexibility index (Phi) is 4.20. The fraction of sp³-hybridized carbons (Fsp3) is 0.0500. The molecule has 0 spiro atoms. The molecule has 0 unspecified atom stereocenters. The molecule has 2 nitrogen and oxygen atoms in total. The third-order valence-electron chi connectivity index (χ3n) is 3.89. The third-order valence-corrected chi connectivity index (χ3v) is 5.06. The van der Waals surface area contributed by atoms with Gasteiger partial charge in [-0.3, -0.25) is 0 Å². The van der Waals surface area contributed by atoms with Crippen LogP contribution in [-0.4, -0.2) is 4.98 Å². The number of hydrogen-bond donors (Lipinski definition) is 1. The van der Waals surface area contributed by atoms with E-state index in [0.29, 0.717) is 0 Å². The number of thiazole rings is 1. The predicted molar refractivity (Wildman–Crippen MR) is 104 cm³/mol. The molecule has 0 saturated carbocycles. The van der Waals surface area contributed by atoms with Crippen molar-refractivity contribution in [3.8, 4) is 0 Å². The summed E-state index contributed by atoms with van der Waals surface area (Å²) in [5, 5.41) is 7.53. The molecule has 3 aromatic carbocycles. The third kappa shape index (κ3) is 3.28. The molecule has 0 aliphatic rings. The molecule has 4 heteroatoms. The van der Waals surface area contributed by atoms with Crippen LogP contribution in [0.25, 0.3) is 10.8 Å². The lowest BCUT2D eigenvalue weighted by Crippen LogP contribution is -1.87. The predicted octanol–water partition coefficient (Wildman–Crippen LogP) is 6.28. The summed E-state index contributed by atoms with van der Waals surface area (Å²) in [5.74, 6) is 0. The van der Waals surface area contributed by atoms with Crippen molar-refractivity contribution in [2.24, 2.45) is 0 Å². The van der Waals surface area contributed by atoms with Crippen LogP contribution in [-0.2, 0) is 6.42 Å². The highest BCUT2D eigenvalue weighted by atomic mass is 35.5. The van der Waals surface area contributed by atoms with E-state index in [9.17, 15) is 0 Å². The summed E-state index contributed by atoms with van der Waals surface area (Å²) in [7, 11) is 0. The summed E-state index contributed by atoms with van der Waals surface area (Å²) in [6, 6.07) is 22.6. The van der Waals surface area contributed by atoms with Gasteiger partial charge in [0.1, 0.15) is 0 Å². The van der Waals surface area contributed by atoms with Gasteiger partial charge in [0.25, 0.3) is 0 Å². The summed E-state index contributed by atoms with van der Waals surface area (Å²) in [6.45, 7) is 0. The lowest BCUT2D eigenvalue weighted by Gasteiger charge is -2.05. The van der Waals surface area contributed by atoms with Crippen LogP contribution in [0.4, 0.5) is 10.8 Å². The largest absolute Gasteiger partial charge is 0.332 e. The Morgan fingerprint density at radius 3 is 2.58 bits per heavy atom. The zero-order valence-electron chi connectivity index (χ0n) is 12.9.